The van der Waals surface area contributed by atoms with Gasteiger partial charge in [0.2, 0.25) is 15.9 Å². The number of imidazole rings is 1. The first-order valence-corrected chi connectivity index (χ1v) is 13.7. The number of fused-ring (bicyclic) bond motifs is 1. The number of benzene rings is 1. The number of carbonyl (C=O) groups is 1. The van der Waals surface area contributed by atoms with Crippen molar-refractivity contribution in [3.05, 3.63) is 54.0 Å². The Balaban J connectivity index is 1.36. The lowest BCUT2D eigenvalue weighted by atomic mass is 9.98. The van der Waals surface area contributed by atoms with Crippen LogP contribution in [0.4, 0.5) is 13.2 Å². The summed E-state index contributed by atoms with van der Waals surface area (Å²) in [6.45, 7) is 1.72. The van der Waals surface area contributed by atoms with Gasteiger partial charge in [-0.2, -0.15) is 0 Å². The third kappa shape index (κ3) is 7.41. The maximum atomic E-state index is 12.5. The fraction of sp³-hybridized carbons (Fsp3) is 0.458. The summed E-state index contributed by atoms with van der Waals surface area (Å²) >= 11 is 0. The van der Waals surface area contributed by atoms with E-state index in [2.05, 4.69) is 20.0 Å². The van der Waals surface area contributed by atoms with E-state index in [-0.39, 0.29) is 24.0 Å². The minimum absolute atomic E-state index is 0.134. The van der Waals surface area contributed by atoms with E-state index in [1.54, 1.807) is 24.4 Å². The molecule has 0 saturated carbocycles. The van der Waals surface area contributed by atoms with Crippen LogP contribution in [-0.2, 0) is 27.8 Å². The standard InChI is InChI=1S/C24H28F3N5O4S/c1-37(34,35)31-13-10-17(11-14-31)15-29-22(33)9-8-21-30-20-3-2-12-28-23(20)32(21)16-18-4-6-19(7-5-18)36-24(25,26)27/h2-7,12,17H,8-11,13-16H2,1H3,(H,29,33). The molecule has 0 bridgehead atoms. The summed E-state index contributed by atoms with van der Waals surface area (Å²) in [5.41, 5.74) is 2.00. The van der Waals surface area contributed by atoms with Crippen molar-refractivity contribution in [3.8, 4) is 5.75 Å². The van der Waals surface area contributed by atoms with Crippen LogP contribution in [0.1, 0.15) is 30.7 Å². The number of amides is 1. The minimum Gasteiger partial charge on any atom is -0.406 e. The zero-order chi connectivity index (χ0) is 26.6. The molecule has 0 radical (unpaired) electrons. The van der Waals surface area contributed by atoms with Gasteiger partial charge in [-0.15, -0.1) is 13.2 Å². The Morgan fingerprint density at radius 1 is 1.16 bits per heavy atom. The van der Waals surface area contributed by atoms with E-state index >= 15 is 0 Å². The molecule has 3 aromatic rings. The van der Waals surface area contributed by atoms with Gasteiger partial charge in [-0.1, -0.05) is 12.1 Å². The second kappa shape index (κ2) is 11.1. The van der Waals surface area contributed by atoms with Gasteiger partial charge < -0.3 is 14.6 Å². The first-order valence-electron chi connectivity index (χ1n) is 11.8. The number of pyridine rings is 1. The van der Waals surface area contributed by atoms with Crippen LogP contribution in [0.2, 0.25) is 0 Å². The molecule has 0 atom stereocenters. The Morgan fingerprint density at radius 2 is 1.86 bits per heavy atom. The highest BCUT2D eigenvalue weighted by Crippen LogP contribution is 2.24. The number of ether oxygens (including phenoxy) is 1. The number of hydrogen-bond donors (Lipinski definition) is 1. The van der Waals surface area contributed by atoms with Crippen molar-refractivity contribution in [2.24, 2.45) is 5.92 Å². The van der Waals surface area contributed by atoms with Gasteiger partial charge in [-0.3, -0.25) is 4.79 Å². The SMILES string of the molecule is CS(=O)(=O)N1CCC(CNC(=O)CCc2nc3cccnc3n2Cc2ccc(OC(F)(F)F)cc2)CC1. The highest BCUT2D eigenvalue weighted by molar-refractivity contribution is 7.88. The summed E-state index contributed by atoms with van der Waals surface area (Å²) in [5, 5.41) is 2.94. The van der Waals surface area contributed by atoms with Crippen LogP contribution in [0.3, 0.4) is 0 Å². The average molecular weight is 540 g/mol. The number of nitrogens with one attached hydrogen (secondary N) is 1. The lowest BCUT2D eigenvalue weighted by Crippen LogP contribution is -2.41. The molecule has 9 nitrogen and oxygen atoms in total. The zero-order valence-corrected chi connectivity index (χ0v) is 21.1. The Bertz CT molecular complexity index is 1330. The molecule has 1 aromatic carbocycles. The van der Waals surface area contributed by atoms with E-state index in [1.807, 2.05) is 10.6 Å². The molecule has 1 N–H and O–H groups in total. The third-order valence-electron chi connectivity index (χ3n) is 6.29. The Hall–Kier alpha value is -3.19. The number of aryl methyl sites for hydroxylation is 1. The number of piperidine rings is 1. The van der Waals surface area contributed by atoms with Crippen molar-refractivity contribution < 1.29 is 31.1 Å². The molecule has 1 aliphatic heterocycles. The molecule has 0 spiro atoms. The molecule has 3 heterocycles. The smallest absolute Gasteiger partial charge is 0.406 e. The van der Waals surface area contributed by atoms with Crippen LogP contribution in [0.5, 0.6) is 5.75 Å². The lowest BCUT2D eigenvalue weighted by Gasteiger charge is -2.30. The van der Waals surface area contributed by atoms with Crippen molar-refractivity contribution >= 4 is 27.1 Å². The lowest BCUT2D eigenvalue weighted by molar-refractivity contribution is -0.274. The van der Waals surface area contributed by atoms with E-state index in [9.17, 15) is 26.4 Å². The highest BCUT2D eigenvalue weighted by atomic mass is 32.2. The second-order valence-electron chi connectivity index (χ2n) is 9.06. The van der Waals surface area contributed by atoms with Gasteiger partial charge in [0.15, 0.2) is 5.65 Å². The van der Waals surface area contributed by atoms with Gasteiger partial charge in [0.25, 0.3) is 0 Å². The van der Waals surface area contributed by atoms with Crippen LogP contribution in [0, 0.1) is 5.92 Å². The molecule has 4 rings (SSSR count). The van der Waals surface area contributed by atoms with Crippen molar-refractivity contribution in [1.29, 1.82) is 0 Å². The van der Waals surface area contributed by atoms with Gasteiger partial charge in [-0.05, 0) is 48.6 Å². The largest absolute Gasteiger partial charge is 0.573 e. The molecule has 2 aromatic heterocycles. The minimum atomic E-state index is -4.76. The molecule has 1 saturated heterocycles. The fourth-order valence-corrected chi connectivity index (χ4v) is 5.23. The van der Waals surface area contributed by atoms with Crippen LogP contribution in [0.15, 0.2) is 42.6 Å². The molecule has 1 amide bonds. The normalized spacial score (nSPS) is 15.7. The molecular formula is C24H28F3N5O4S. The first-order chi connectivity index (χ1) is 17.5. The Kier molecular flexibility index (Phi) is 8.02. The van der Waals surface area contributed by atoms with E-state index in [1.165, 1.54) is 22.7 Å². The van der Waals surface area contributed by atoms with E-state index in [0.29, 0.717) is 62.4 Å². The molecule has 0 aliphatic carbocycles. The van der Waals surface area contributed by atoms with E-state index < -0.39 is 16.4 Å². The maximum absolute atomic E-state index is 12.5. The van der Waals surface area contributed by atoms with Crippen LogP contribution < -0.4 is 10.1 Å². The number of rotatable bonds is 9. The molecule has 37 heavy (non-hydrogen) atoms. The fourth-order valence-electron chi connectivity index (χ4n) is 4.36. The number of alkyl halides is 3. The second-order valence-corrected chi connectivity index (χ2v) is 11.0. The number of aromatic nitrogens is 3. The van der Waals surface area contributed by atoms with Crippen LogP contribution >= 0.6 is 0 Å². The predicted octanol–water partition coefficient (Wildman–Crippen LogP) is 3.10. The monoisotopic (exact) mass is 539 g/mol. The number of hydrogen-bond acceptors (Lipinski definition) is 6. The summed E-state index contributed by atoms with van der Waals surface area (Å²) in [7, 11) is -3.19. The van der Waals surface area contributed by atoms with Crippen LogP contribution in [-0.4, -0.2) is 65.4 Å². The summed E-state index contributed by atoms with van der Waals surface area (Å²) in [6, 6.07) is 9.16. The molecule has 1 fully saturated rings. The molecule has 1 aliphatic rings. The average Bonchev–Trinajstić information content (AvgIpc) is 3.18. The van der Waals surface area contributed by atoms with Gasteiger partial charge in [0.05, 0.1) is 12.8 Å². The van der Waals surface area contributed by atoms with Crippen molar-refractivity contribution in [3.63, 3.8) is 0 Å². The summed E-state index contributed by atoms with van der Waals surface area (Å²) in [6.07, 6.45) is 0.0198. The first kappa shape index (κ1) is 26.9. The Morgan fingerprint density at radius 3 is 2.51 bits per heavy atom. The van der Waals surface area contributed by atoms with Gasteiger partial charge >= 0.3 is 6.36 Å². The van der Waals surface area contributed by atoms with Crippen molar-refractivity contribution in [2.45, 2.75) is 38.6 Å². The van der Waals surface area contributed by atoms with E-state index in [0.717, 1.165) is 5.56 Å². The van der Waals surface area contributed by atoms with Gasteiger partial charge in [0.1, 0.15) is 17.1 Å². The number of sulfonamides is 1. The number of halogens is 3. The maximum Gasteiger partial charge on any atom is 0.573 e. The molecule has 200 valence electrons. The van der Waals surface area contributed by atoms with Crippen molar-refractivity contribution in [2.75, 3.05) is 25.9 Å². The summed E-state index contributed by atoms with van der Waals surface area (Å²) in [5.74, 6) is 0.426. The number of carbonyl (C=O) groups excluding carboxylic acids is 1. The van der Waals surface area contributed by atoms with Crippen LogP contribution in [0.25, 0.3) is 11.2 Å². The quantitative estimate of drug-likeness (QED) is 0.448. The van der Waals surface area contributed by atoms with Gasteiger partial charge in [0, 0.05) is 38.7 Å². The molecular weight excluding hydrogens is 511 g/mol. The third-order valence-corrected chi connectivity index (χ3v) is 7.59. The number of nitrogens with zero attached hydrogens (tertiary/aromatic N) is 4. The van der Waals surface area contributed by atoms with Gasteiger partial charge in [-0.25, -0.2) is 22.7 Å². The molecule has 13 heteroatoms. The summed E-state index contributed by atoms with van der Waals surface area (Å²) in [4.78, 5) is 21.5. The topological polar surface area (TPSA) is 106 Å². The zero-order valence-electron chi connectivity index (χ0n) is 20.2. The van der Waals surface area contributed by atoms with E-state index in [4.69, 9.17) is 0 Å². The molecule has 0 unspecified atom stereocenters. The van der Waals surface area contributed by atoms with Crippen molar-refractivity contribution in [1.82, 2.24) is 24.2 Å². The predicted molar refractivity (Wildman–Crippen MR) is 130 cm³/mol. The Labute approximate surface area is 212 Å². The summed E-state index contributed by atoms with van der Waals surface area (Å²) < 4.78 is 67.9. The highest BCUT2D eigenvalue weighted by Gasteiger charge is 2.31.